The molecular weight excluding hydrogens is 274 g/mol. The van der Waals surface area contributed by atoms with Gasteiger partial charge in [-0.2, -0.15) is 0 Å². The van der Waals surface area contributed by atoms with E-state index in [4.69, 9.17) is 11.6 Å². The molecule has 0 bridgehead atoms. The summed E-state index contributed by atoms with van der Waals surface area (Å²) in [6.07, 6.45) is 4.44. The minimum atomic E-state index is -0.519. The van der Waals surface area contributed by atoms with Crippen LogP contribution in [0.25, 0.3) is 0 Å². The third-order valence-corrected chi connectivity index (χ3v) is 3.00. The zero-order valence-corrected chi connectivity index (χ0v) is 10.9. The lowest BCUT2D eigenvalue weighted by atomic mass is 10.5. The molecule has 7 heteroatoms. The normalized spacial score (nSPS) is 10.1. The van der Waals surface area contributed by atoms with Crippen molar-refractivity contribution in [2.45, 2.75) is 10.1 Å². The number of methoxy groups -OCH3 is 1. The summed E-state index contributed by atoms with van der Waals surface area (Å²) in [6, 6.07) is 3.49. The molecule has 0 saturated carbocycles. The quantitative estimate of drug-likeness (QED) is 0.805. The minimum absolute atomic E-state index is 0.163. The summed E-state index contributed by atoms with van der Waals surface area (Å²) in [5.74, 6) is -0.519. The van der Waals surface area contributed by atoms with Gasteiger partial charge in [0.05, 0.1) is 24.5 Å². The van der Waals surface area contributed by atoms with E-state index in [1.165, 1.54) is 25.1 Å². The standard InChI is InChI=1S/C11H8ClN3O2S/c1-17-11(16)8-5-13-6-10(15-8)18-9-3-2-7(12)4-14-9/h2-6H,1H3. The number of aromatic nitrogens is 3. The van der Waals surface area contributed by atoms with Gasteiger partial charge in [-0.05, 0) is 23.9 Å². The van der Waals surface area contributed by atoms with Gasteiger partial charge in [0.2, 0.25) is 0 Å². The van der Waals surface area contributed by atoms with Crippen molar-refractivity contribution in [3.8, 4) is 0 Å². The molecule has 0 saturated heterocycles. The highest BCUT2D eigenvalue weighted by molar-refractivity contribution is 7.99. The molecule has 0 aliphatic rings. The van der Waals surface area contributed by atoms with Crippen molar-refractivity contribution < 1.29 is 9.53 Å². The molecule has 0 N–H and O–H groups in total. The average molecular weight is 282 g/mol. The van der Waals surface area contributed by atoms with Crippen molar-refractivity contribution in [3.05, 3.63) is 41.4 Å². The molecule has 92 valence electrons. The Balaban J connectivity index is 2.19. The molecule has 0 fully saturated rings. The molecule has 2 heterocycles. The molecule has 0 unspecified atom stereocenters. The third kappa shape index (κ3) is 3.18. The number of rotatable bonds is 3. The fourth-order valence-electron chi connectivity index (χ4n) is 1.13. The second-order valence-corrected chi connectivity index (χ2v) is 4.63. The van der Waals surface area contributed by atoms with Crippen LogP contribution in [-0.4, -0.2) is 28.0 Å². The maximum atomic E-state index is 11.3. The molecule has 2 aromatic rings. The Hall–Kier alpha value is -1.66. The zero-order chi connectivity index (χ0) is 13.0. The van der Waals surface area contributed by atoms with Crippen LogP contribution in [0.3, 0.4) is 0 Å². The average Bonchev–Trinajstić information content (AvgIpc) is 2.41. The highest BCUT2D eigenvalue weighted by Gasteiger charge is 2.09. The van der Waals surface area contributed by atoms with Crippen molar-refractivity contribution in [2.75, 3.05) is 7.11 Å². The monoisotopic (exact) mass is 281 g/mol. The number of nitrogens with zero attached hydrogens (tertiary/aromatic N) is 3. The number of esters is 1. The van der Waals surface area contributed by atoms with Crippen LogP contribution in [0, 0.1) is 0 Å². The molecule has 0 aliphatic carbocycles. The van der Waals surface area contributed by atoms with Gasteiger partial charge < -0.3 is 4.74 Å². The first-order valence-corrected chi connectivity index (χ1v) is 6.08. The van der Waals surface area contributed by atoms with Crippen LogP contribution in [0.2, 0.25) is 5.02 Å². The molecule has 18 heavy (non-hydrogen) atoms. The van der Waals surface area contributed by atoms with Gasteiger partial charge in [-0.1, -0.05) is 11.6 Å². The maximum Gasteiger partial charge on any atom is 0.358 e. The molecular formula is C11H8ClN3O2S. The van der Waals surface area contributed by atoms with E-state index < -0.39 is 5.97 Å². The summed E-state index contributed by atoms with van der Waals surface area (Å²) in [5, 5.41) is 1.84. The van der Waals surface area contributed by atoms with E-state index in [0.29, 0.717) is 10.0 Å². The van der Waals surface area contributed by atoms with Crippen LogP contribution in [0.1, 0.15) is 10.5 Å². The number of ether oxygens (including phenoxy) is 1. The van der Waals surface area contributed by atoms with Crippen LogP contribution in [0.5, 0.6) is 0 Å². The number of carbonyl (C=O) groups is 1. The topological polar surface area (TPSA) is 65.0 Å². The van der Waals surface area contributed by atoms with Crippen molar-refractivity contribution in [1.82, 2.24) is 15.0 Å². The van der Waals surface area contributed by atoms with Crippen LogP contribution >= 0.6 is 23.4 Å². The fraction of sp³-hybridized carbons (Fsp3) is 0.0909. The van der Waals surface area contributed by atoms with Crippen molar-refractivity contribution in [3.63, 3.8) is 0 Å². The van der Waals surface area contributed by atoms with Crippen molar-refractivity contribution in [2.24, 2.45) is 0 Å². The molecule has 0 amide bonds. The van der Waals surface area contributed by atoms with Crippen LogP contribution in [-0.2, 0) is 4.74 Å². The van der Waals surface area contributed by atoms with Gasteiger partial charge in [0.1, 0.15) is 10.1 Å². The van der Waals surface area contributed by atoms with E-state index in [0.717, 1.165) is 5.03 Å². The predicted octanol–water partition coefficient (Wildman–Crippen LogP) is 2.46. The first-order valence-electron chi connectivity index (χ1n) is 4.89. The van der Waals surface area contributed by atoms with Gasteiger partial charge in [0.25, 0.3) is 0 Å². The van der Waals surface area contributed by atoms with E-state index >= 15 is 0 Å². The van der Waals surface area contributed by atoms with Crippen molar-refractivity contribution in [1.29, 1.82) is 0 Å². The van der Waals surface area contributed by atoms with Crippen LogP contribution in [0.4, 0.5) is 0 Å². The third-order valence-electron chi connectivity index (χ3n) is 1.92. The molecule has 0 spiro atoms. The lowest BCUT2D eigenvalue weighted by Crippen LogP contribution is -2.05. The number of carbonyl (C=O) groups excluding carboxylic acids is 1. The predicted molar refractivity (Wildman–Crippen MR) is 66.7 cm³/mol. The van der Waals surface area contributed by atoms with E-state index in [-0.39, 0.29) is 5.69 Å². The van der Waals surface area contributed by atoms with Crippen molar-refractivity contribution >= 4 is 29.3 Å². The van der Waals surface area contributed by atoms with Gasteiger partial charge in [0.15, 0.2) is 5.69 Å². The lowest BCUT2D eigenvalue weighted by Gasteiger charge is -2.02. The Kier molecular flexibility index (Phi) is 4.11. The maximum absolute atomic E-state index is 11.3. The van der Waals surface area contributed by atoms with E-state index in [9.17, 15) is 4.79 Å². The Morgan fingerprint density at radius 1 is 1.28 bits per heavy atom. The van der Waals surface area contributed by atoms with Gasteiger partial charge in [0, 0.05) is 6.20 Å². The number of hydrogen-bond acceptors (Lipinski definition) is 6. The summed E-state index contributed by atoms with van der Waals surface area (Å²) < 4.78 is 4.57. The molecule has 2 aromatic heterocycles. The first kappa shape index (κ1) is 12.8. The number of pyridine rings is 1. The number of halogens is 1. The Labute approximate surface area is 113 Å². The highest BCUT2D eigenvalue weighted by Crippen LogP contribution is 2.24. The van der Waals surface area contributed by atoms with Crippen LogP contribution in [0.15, 0.2) is 40.8 Å². The summed E-state index contributed by atoms with van der Waals surface area (Å²) in [6.45, 7) is 0. The van der Waals surface area contributed by atoms with E-state index in [2.05, 4.69) is 19.7 Å². The molecule has 0 radical (unpaired) electrons. The molecule has 0 atom stereocenters. The summed E-state index contributed by atoms with van der Waals surface area (Å²) in [4.78, 5) is 23.5. The Bertz CT molecular complexity index is 562. The molecule has 0 aliphatic heterocycles. The van der Waals surface area contributed by atoms with E-state index in [1.807, 2.05) is 0 Å². The molecule has 5 nitrogen and oxygen atoms in total. The zero-order valence-electron chi connectivity index (χ0n) is 9.33. The fourth-order valence-corrected chi connectivity index (χ4v) is 1.96. The molecule has 2 rings (SSSR count). The summed E-state index contributed by atoms with van der Waals surface area (Å²) >= 11 is 7.03. The van der Waals surface area contributed by atoms with Crippen LogP contribution < -0.4 is 0 Å². The second-order valence-electron chi connectivity index (χ2n) is 3.15. The second kappa shape index (κ2) is 5.79. The van der Waals surface area contributed by atoms with Gasteiger partial charge in [-0.3, -0.25) is 4.98 Å². The highest BCUT2D eigenvalue weighted by atomic mass is 35.5. The minimum Gasteiger partial charge on any atom is -0.464 e. The number of hydrogen-bond donors (Lipinski definition) is 0. The first-order chi connectivity index (χ1) is 8.69. The molecule has 0 aromatic carbocycles. The smallest absolute Gasteiger partial charge is 0.358 e. The largest absolute Gasteiger partial charge is 0.464 e. The lowest BCUT2D eigenvalue weighted by molar-refractivity contribution is 0.0592. The Morgan fingerprint density at radius 2 is 2.11 bits per heavy atom. The van der Waals surface area contributed by atoms with Gasteiger partial charge >= 0.3 is 5.97 Å². The summed E-state index contributed by atoms with van der Waals surface area (Å²) in [7, 11) is 1.30. The van der Waals surface area contributed by atoms with Gasteiger partial charge in [-0.25, -0.2) is 14.8 Å². The van der Waals surface area contributed by atoms with Gasteiger partial charge in [-0.15, -0.1) is 0 Å². The Morgan fingerprint density at radius 3 is 2.78 bits per heavy atom. The SMILES string of the molecule is COC(=O)c1cncc(Sc2ccc(Cl)cn2)n1. The summed E-state index contributed by atoms with van der Waals surface area (Å²) in [5.41, 5.74) is 0.163. The van der Waals surface area contributed by atoms with E-state index in [1.54, 1.807) is 24.5 Å².